The summed E-state index contributed by atoms with van der Waals surface area (Å²) in [7, 11) is 0. The van der Waals surface area contributed by atoms with E-state index in [9.17, 15) is 0 Å². The smallest absolute Gasteiger partial charge is 0.131 e. The zero-order valence-corrected chi connectivity index (χ0v) is 7.67. The number of thiophene rings is 1. The van der Waals surface area contributed by atoms with Gasteiger partial charge in [-0.25, -0.2) is 4.98 Å². The van der Waals surface area contributed by atoms with Gasteiger partial charge < -0.3 is 0 Å². The molecule has 4 heteroatoms. The first-order valence-electron chi connectivity index (χ1n) is 2.95. The van der Waals surface area contributed by atoms with Crippen molar-refractivity contribution in [2.75, 3.05) is 0 Å². The quantitative estimate of drug-likeness (QED) is 0.597. The zero-order valence-electron chi connectivity index (χ0n) is 5.34. The van der Waals surface area contributed by atoms with E-state index < -0.39 is 0 Å². The van der Waals surface area contributed by atoms with Crippen molar-refractivity contribution >= 4 is 45.4 Å². The molecule has 2 aromatic rings. The number of fused-ring (bicyclic) bond motifs is 1. The Balaban J connectivity index is 2.91. The highest BCUT2D eigenvalue weighted by Gasteiger charge is 2.02. The van der Waals surface area contributed by atoms with Crippen LogP contribution in [0.3, 0.4) is 0 Å². The maximum Gasteiger partial charge on any atom is 0.131 e. The monoisotopic (exact) mass is 203 g/mol. The van der Waals surface area contributed by atoms with Crippen molar-refractivity contribution in [2.24, 2.45) is 0 Å². The normalized spacial score (nSPS) is 10.7. The number of rotatable bonds is 0. The van der Waals surface area contributed by atoms with Crippen molar-refractivity contribution in [3.05, 3.63) is 27.0 Å². The summed E-state index contributed by atoms with van der Waals surface area (Å²) in [6.07, 6.45) is 0. The van der Waals surface area contributed by atoms with Gasteiger partial charge in [-0.3, -0.25) is 0 Å². The van der Waals surface area contributed by atoms with Crippen molar-refractivity contribution in [3.63, 3.8) is 0 Å². The molecule has 2 aromatic heterocycles. The summed E-state index contributed by atoms with van der Waals surface area (Å²) in [4.78, 5) is 4.09. The maximum absolute atomic E-state index is 5.89. The highest BCUT2D eigenvalue weighted by Crippen LogP contribution is 2.27. The van der Waals surface area contributed by atoms with Gasteiger partial charge in [0.05, 0.1) is 10.5 Å². The van der Waals surface area contributed by atoms with Crippen LogP contribution in [0.4, 0.5) is 0 Å². The Labute approximate surface area is 77.6 Å². The van der Waals surface area contributed by atoms with Gasteiger partial charge in [0.2, 0.25) is 0 Å². The van der Waals surface area contributed by atoms with Crippen LogP contribution in [0.1, 0.15) is 0 Å². The number of hydrogen-bond acceptors (Lipinski definition) is 2. The van der Waals surface area contributed by atoms with E-state index in [1.54, 1.807) is 17.4 Å². The van der Waals surface area contributed by atoms with Crippen LogP contribution in [-0.4, -0.2) is 4.98 Å². The molecule has 0 aliphatic carbocycles. The third-order valence-corrected chi connectivity index (χ3v) is 2.61. The second-order valence-corrected chi connectivity index (χ2v) is 3.64. The molecule has 0 saturated carbocycles. The van der Waals surface area contributed by atoms with Crippen molar-refractivity contribution in [1.82, 2.24) is 4.98 Å². The molecule has 0 aliphatic rings. The van der Waals surface area contributed by atoms with E-state index >= 15 is 0 Å². The molecule has 0 aromatic carbocycles. The predicted octanol–water partition coefficient (Wildman–Crippen LogP) is 3.60. The van der Waals surface area contributed by atoms with Crippen molar-refractivity contribution in [2.45, 2.75) is 0 Å². The fourth-order valence-corrected chi connectivity index (χ4v) is 2.22. The van der Waals surface area contributed by atoms with E-state index in [0.29, 0.717) is 10.2 Å². The molecule has 0 saturated heterocycles. The molecule has 2 rings (SSSR count). The van der Waals surface area contributed by atoms with Gasteiger partial charge >= 0.3 is 0 Å². The average molecular weight is 204 g/mol. The van der Waals surface area contributed by atoms with Crippen LogP contribution in [0.2, 0.25) is 10.2 Å². The lowest BCUT2D eigenvalue weighted by Gasteiger charge is -1.93. The van der Waals surface area contributed by atoms with E-state index in [2.05, 4.69) is 4.98 Å². The topological polar surface area (TPSA) is 12.9 Å². The summed E-state index contributed by atoms with van der Waals surface area (Å²) in [6, 6.07) is 1.65. The lowest BCUT2D eigenvalue weighted by atomic mass is 10.3. The SMILES string of the molecule is Clc1cc(Cl)c2cscc2n1. The Morgan fingerprint density at radius 3 is 2.91 bits per heavy atom. The number of pyridine rings is 1. The first-order chi connectivity index (χ1) is 5.27. The van der Waals surface area contributed by atoms with E-state index in [1.165, 1.54) is 0 Å². The predicted molar refractivity (Wildman–Crippen MR) is 49.6 cm³/mol. The highest BCUT2D eigenvalue weighted by atomic mass is 35.5. The van der Waals surface area contributed by atoms with Crippen LogP contribution in [0, 0.1) is 0 Å². The lowest BCUT2D eigenvalue weighted by molar-refractivity contribution is 1.43. The van der Waals surface area contributed by atoms with Crippen LogP contribution in [0.5, 0.6) is 0 Å². The fraction of sp³-hybridized carbons (Fsp3) is 0. The lowest BCUT2D eigenvalue weighted by Crippen LogP contribution is -1.75. The van der Waals surface area contributed by atoms with Gasteiger partial charge in [-0.05, 0) is 6.07 Å². The largest absolute Gasteiger partial charge is 0.235 e. The van der Waals surface area contributed by atoms with Crippen LogP contribution < -0.4 is 0 Å². The fourth-order valence-electron chi connectivity index (χ4n) is 0.885. The Hall–Kier alpha value is -0.310. The summed E-state index contributed by atoms with van der Waals surface area (Å²) >= 11 is 13.1. The average Bonchev–Trinajstić information content (AvgIpc) is 2.34. The Morgan fingerprint density at radius 2 is 2.09 bits per heavy atom. The van der Waals surface area contributed by atoms with E-state index in [0.717, 1.165) is 10.9 Å². The highest BCUT2D eigenvalue weighted by molar-refractivity contribution is 7.09. The number of nitrogens with zero attached hydrogens (tertiary/aromatic N) is 1. The molecule has 0 spiro atoms. The minimum atomic E-state index is 0.445. The van der Waals surface area contributed by atoms with Crippen molar-refractivity contribution < 1.29 is 0 Å². The van der Waals surface area contributed by atoms with Crippen LogP contribution in [0.25, 0.3) is 10.9 Å². The molecule has 0 N–H and O–H groups in total. The van der Waals surface area contributed by atoms with E-state index in [1.807, 2.05) is 10.8 Å². The minimum Gasteiger partial charge on any atom is -0.235 e. The summed E-state index contributed by atoms with van der Waals surface area (Å²) in [6.45, 7) is 0. The summed E-state index contributed by atoms with van der Waals surface area (Å²) in [5.74, 6) is 0. The van der Waals surface area contributed by atoms with Gasteiger partial charge in [-0.15, -0.1) is 11.3 Å². The van der Waals surface area contributed by atoms with Crippen molar-refractivity contribution in [3.8, 4) is 0 Å². The second kappa shape index (κ2) is 2.63. The molecule has 0 radical (unpaired) electrons. The van der Waals surface area contributed by atoms with E-state index in [-0.39, 0.29) is 0 Å². The third-order valence-electron chi connectivity index (χ3n) is 1.37. The van der Waals surface area contributed by atoms with Gasteiger partial charge in [0, 0.05) is 16.1 Å². The van der Waals surface area contributed by atoms with E-state index in [4.69, 9.17) is 23.2 Å². The standard InChI is InChI=1S/C7H3Cl2NS/c8-5-1-7(9)10-6-3-11-2-4(5)6/h1-3H. The van der Waals surface area contributed by atoms with Gasteiger partial charge in [-0.2, -0.15) is 0 Å². The molecule has 1 nitrogen and oxygen atoms in total. The molecule has 0 fully saturated rings. The molecule has 11 heavy (non-hydrogen) atoms. The van der Waals surface area contributed by atoms with Crippen LogP contribution in [0.15, 0.2) is 16.8 Å². The number of hydrogen-bond donors (Lipinski definition) is 0. The van der Waals surface area contributed by atoms with Gasteiger partial charge in [0.1, 0.15) is 5.15 Å². The van der Waals surface area contributed by atoms with Gasteiger partial charge in [-0.1, -0.05) is 23.2 Å². The first-order valence-corrected chi connectivity index (χ1v) is 4.65. The summed E-state index contributed by atoms with van der Waals surface area (Å²) < 4.78 is 0. The number of halogens is 2. The first kappa shape index (κ1) is 7.35. The molecule has 2 heterocycles. The van der Waals surface area contributed by atoms with Gasteiger partial charge in [0.25, 0.3) is 0 Å². The third kappa shape index (κ3) is 1.22. The van der Waals surface area contributed by atoms with Crippen molar-refractivity contribution in [1.29, 1.82) is 0 Å². The molecule has 0 unspecified atom stereocenters. The van der Waals surface area contributed by atoms with Crippen LogP contribution >= 0.6 is 34.5 Å². The second-order valence-electron chi connectivity index (χ2n) is 2.10. The Kier molecular flexibility index (Phi) is 1.75. The molecule has 56 valence electrons. The van der Waals surface area contributed by atoms with Gasteiger partial charge in [0.15, 0.2) is 0 Å². The molecule has 0 bridgehead atoms. The summed E-state index contributed by atoms with van der Waals surface area (Å²) in [5, 5.41) is 5.97. The Morgan fingerprint density at radius 1 is 1.27 bits per heavy atom. The molecule has 0 amide bonds. The molecule has 0 atom stereocenters. The number of aromatic nitrogens is 1. The zero-order chi connectivity index (χ0) is 7.84. The Bertz CT molecular complexity index is 396. The maximum atomic E-state index is 5.89. The van der Waals surface area contributed by atoms with Crippen LogP contribution in [-0.2, 0) is 0 Å². The minimum absolute atomic E-state index is 0.445. The molecule has 0 aliphatic heterocycles. The molecular weight excluding hydrogens is 201 g/mol. The summed E-state index contributed by atoms with van der Waals surface area (Å²) in [5.41, 5.74) is 0.868. The molecular formula is C7H3Cl2NS.